The third-order valence-corrected chi connectivity index (χ3v) is 6.11. The Morgan fingerprint density at radius 2 is 1.74 bits per heavy atom. The smallest absolute Gasteiger partial charge is 0.338 e. The van der Waals surface area contributed by atoms with E-state index >= 15 is 0 Å². The van der Waals surface area contributed by atoms with Gasteiger partial charge in [0.15, 0.2) is 5.11 Å². The Hall–Kier alpha value is -3.39. The van der Waals surface area contributed by atoms with Crippen LogP contribution < -0.4 is 16.0 Å². The van der Waals surface area contributed by atoms with Crippen molar-refractivity contribution >= 4 is 40.7 Å². The molecule has 7 nitrogen and oxygen atoms in total. The van der Waals surface area contributed by atoms with Crippen LogP contribution in [-0.4, -0.2) is 35.7 Å². The van der Waals surface area contributed by atoms with Crippen LogP contribution in [0.15, 0.2) is 53.7 Å². The second kappa shape index (κ2) is 10.7. The van der Waals surface area contributed by atoms with Crippen LogP contribution in [0.25, 0.3) is 0 Å². The van der Waals surface area contributed by atoms with Gasteiger partial charge in [0.05, 0.1) is 18.2 Å². The normalized spacial score (nSPS) is 15.8. The highest BCUT2D eigenvalue weighted by atomic mass is 32.1. The number of amides is 2. The maximum atomic E-state index is 13.0. The third-order valence-electron chi connectivity index (χ3n) is 5.72. The number of hydrogen-bond donors (Lipinski definition) is 3. The summed E-state index contributed by atoms with van der Waals surface area (Å²) in [7, 11) is 1.81. The molecule has 180 valence electrons. The molecule has 0 bridgehead atoms. The largest absolute Gasteiger partial charge is 0.462 e. The molecule has 1 aliphatic heterocycles. The van der Waals surface area contributed by atoms with E-state index in [4.69, 9.17) is 17.0 Å². The lowest BCUT2D eigenvalue weighted by Crippen LogP contribution is -2.46. The Morgan fingerprint density at radius 3 is 2.38 bits per heavy atom. The van der Waals surface area contributed by atoms with Gasteiger partial charge in [0.1, 0.15) is 0 Å². The zero-order valence-corrected chi connectivity index (χ0v) is 21.3. The summed E-state index contributed by atoms with van der Waals surface area (Å²) < 4.78 is 5.55. The number of allylic oxidation sites excluding steroid dienone is 1. The highest BCUT2D eigenvalue weighted by Crippen LogP contribution is 2.32. The number of carbonyl (C=O) groups excluding carboxylic acids is 2. The number of esters is 1. The van der Waals surface area contributed by atoms with E-state index in [1.807, 2.05) is 78.1 Å². The van der Waals surface area contributed by atoms with Crippen molar-refractivity contribution in [3.63, 3.8) is 0 Å². The van der Waals surface area contributed by atoms with Crippen molar-refractivity contribution in [3.05, 3.63) is 70.4 Å². The van der Waals surface area contributed by atoms with Gasteiger partial charge in [0.25, 0.3) is 0 Å². The average Bonchev–Trinajstić information content (AvgIpc) is 2.78. The van der Waals surface area contributed by atoms with Gasteiger partial charge in [-0.15, -0.1) is 0 Å². The van der Waals surface area contributed by atoms with E-state index < -0.39 is 6.04 Å². The van der Waals surface area contributed by atoms with Crippen molar-refractivity contribution < 1.29 is 14.3 Å². The van der Waals surface area contributed by atoms with Crippen LogP contribution in [0, 0.1) is 19.8 Å². The molecule has 2 aromatic rings. The first kappa shape index (κ1) is 25.2. The Morgan fingerprint density at radius 1 is 1.09 bits per heavy atom. The number of para-hydroxylation sites is 1. The molecule has 1 atom stereocenters. The molecule has 0 fully saturated rings. The summed E-state index contributed by atoms with van der Waals surface area (Å²) in [6, 6.07) is 12.4. The fourth-order valence-corrected chi connectivity index (χ4v) is 4.01. The van der Waals surface area contributed by atoms with Crippen molar-refractivity contribution in [2.75, 3.05) is 24.3 Å². The topological polar surface area (TPSA) is 82.7 Å². The summed E-state index contributed by atoms with van der Waals surface area (Å²) in [4.78, 5) is 27.5. The van der Waals surface area contributed by atoms with E-state index in [2.05, 4.69) is 16.0 Å². The number of aryl methyl sites for hydroxylation is 2. The number of hydrogen-bond acceptors (Lipinski definition) is 4. The molecular weight excluding hydrogens is 448 g/mol. The number of carbonyl (C=O) groups is 2. The summed E-state index contributed by atoms with van der Waals surface area (Å²) in [6.07, 6.45) is 0. The summed E-state index contributed by atoms with van der Waals surface area (Å²) in [6.45, 7) is 10.1. The molecular formula is C26H32N4O3S. The number of ether oxygens (including phenoxy) is 1. The second-order valence-corrected chi connectivity index (χ2v) is 9.29. The summed E-state index contributed by atoms with van der Waals surface area (Å²) in [5.41, 5.74) is 5.36. The van der Waals surface area contributed by atoms with Gasteiger partial charge in [0.2, 0.25) is 0 Å². The van der Waals surface area contributed by atoms with Crippen molar-refractivity contribution in [2.24, 2.45) is 5.92 Å². The lowest BCUT2D eigenvalue weighted by Gasteiger charge is -2.35. The maximum Gasteiger partial charge on any atom is 0.338 e. The average molecular weight is 481 g/mol. The minimum Gasteiger partial charge on any atom is -0.462 e. The summed E-state index contributed by atoms with van der Waals surface area (Å²) in [5, 5.41) is 9.56. The molecule has 3 N–H and O–H groups in total. The molecule has 34 heavy (non-hydrogen) atoms. The van der Waals surface area contributed by atoms with Crippen LogP contribution in [0.1, 0.15) is 43.5 Å². The first-order valence-electron chi connectivity index (χ1n) is 11.2. The highest BCUT2D eigenvalue weighted by Gasteiger charge is 2.33. The highest BCUT2D eigenvalue weighted by molar-refractivity contribution is 7.80. The SMILES string of the molecule is CC1=C(C(=O)OCC(C)C)C(c2cccc(NC(=O)Nc3c(C)cccc3C)c2)NC(=S)N1C. The molecule has 2 amide bonds. The van der Waals surface area contributed by atoms with Crippen LogP contribution in [0.5, 0.6) is 0 Å². The Balaban J connectivity index is 1.85. The maximum absolute atomic E-state index is 13.0. The van der Waals surface area contributed by atoms with E-state index in [1.165, 1.54) is 0 Å². The predicted molar refractivity (Wildman–Crippen MR) is 140 cm³/mol. The zero-order valence-electron chi connectivity index (χ0n) is 20.5. The van der Waals surface area contributed by atoms with Gasteiger partial charge in [-0.2, -0.15) is 0 Å². The van der Waals surface area contributed by atoms with Gasteiger partial charge >= 0.3 is 12.0 Å². The minimum absolute atomic E-state index is 0.224. The number of thiocarbonyl (C=S) groups is 1. The van der Waals surface area contributed by atoms with Gasteiger partial charge in [-0.25, -0.2) is 9.59 Å². The molecule has 0 aromatic heterocycles. The van der Waals surface area contributed by atoms with Gasteiger partial charge in [-0.1, -0.05) is 44.2 Å². The van der Waals surface area contributed by atoms with Crippen LogP contribution >= 0.6 is 12.2 Å². The quantitative estimate of drug-likeness (QED) is 0.385. The number of rotatable bonds is 6. The summed E-state index contributed by atoms with van der Waals surface area (Å²) in [5.74, 6) is -0.161. The third kappa shape index (κ3) is 5.75. The van der Waals surface area contributed by atoms with E-state index in [0.29, 0.717) is 23.0 Å². The molecule has 2 aromatic carbocycles. The van der Waals surface area contributed by atoms with E-state index in [1.54, 1.807) is 11.0 Å². The van der Waals surface area contributed by atoms with Crippen LogP contribution in [0.2, 0.25) is 0 Å². The molecule has 1 unspecified atom stereocenters. The number of anilines is 2. The van der Waals surface area contributed by atoms with Crippen LogP contribution in [0.3, 0.4) is 0 Å². The first-order valence-corrected chi connectivity index (χ1v) is 11.7. The number of urea groups is 1. The molecule has 0 saturated heterocycles. The number of nitrogens with one attached hydrogen (secondary N) is 3. The van der Waals surface area contributed by atoms with E-state index in [9.17, 15) is 9.59 Å². The zero-order chi connectivity index (χ0) is 25.0. The standard InChI is InChI=1S/C26H32N4O3S/c1-15(2)14-33-24(31)21-18(5)30(6)26(34)29-23(21)19-11-8-12-20(13-19)27-25(32)28-22-16(3)9-7-10-17(22)4/h7-13,15,23H,14H2,1-6H3,(H,29,34)(H2,27,28,32). The number of benzene rings is 2. The van der Waals surface area contributed by atoms with Crippen LogP contribution in [0.4, 0.5) is 16.2 Å². The Bertz CT molecular complexity index is 1120. The van der Waals surface area contributed by atoms with Gasteiger partial charge in [-0.3, -0.25) is 0 Å². The Labute approximate surface area is 206 Å². The lowest BCUT2D eigenvalue weighted by molar-refractivity contribution is -0.140. The minimum atomic E-state index is -0.494. The molecule has 1 heterocycles. The lowest BCUT2D eigenvalue weighted by atomic mass is 9.95. The Kier molecular flexibility index (Phi) is 7.94. The number of nitrogens with zero attached hydrogens (tertiary/aromatic N) is 1. The van der Waals surface area contributed by atoms with Crippen molar-refractivity contribution in [2.45, 2.75) is 40.7 Å². The predicted octanol–water partition coefficient (Wildman–Crippen LogP) is 5.28. The van der Waals surface area contributed by atoms with Gasteiger partial charge in [-0.05, 0) is 67.7 Å². The first-order chi connectivity index (χ1) is 16.1. The second-order valence-electron chi connectivity index (χ2n) is 8.90. The van der Waals surface area contributed by atoms with E-state index in [0.717, 1.165) is 28.1 Å². The summed E-state index contributed by atoms with van der Waals surface area (Å²) >= 11 is 5.48. The molecule has 0 aliphatic carbocycles. The molecule has 0 saturated carbocycles. The van der Waals surface area contributed by atoms with Crippen molar-refractivity contribution in [1.29, 1.82) is 0 Å². The van der Waals surface area contributed by atoms with Crippen molar-refractivity contribution in [3.8, 4) is 0 Å². The molecule has 0 spiro atoms. The molecule has 0 radical (unpaired) electrons. The fraction of sp³-hybridized carbons (Fsp3) is 0.346. The van der Waals surface area contributed by atoms with Crippen LogP contribution in [-0.2, 0) is 9.53 Å². The van der Waals surface area contributed by atoms with Gasteiger partial charge in [0, 0.05) is 24.1 Å². The van der Waals surface area contributed by atoms with E-state index in [-0.39, 0.29) is 17.9 Å². The van der Waals surface area contributed by atoms with Crippen molar-refractivity contribution in [1.82, 2.24) is 10.2 Å². The molecule has 3 rings (SSSR count). The fourth-order valence-electron chi connectivity index (χ4n) is 3.75. The molecule has 1 aliphatic rings. The van der Waals surface area contributed by atoms with Gasteiger partial charge < -0.3 is 25.6 Å². The molecule has 8 heteroatoms. The monoisotopic (exact) mass is 480 g/mol.